The molecule has 1 aromatic rings. The average molecular weight is 407 g/mol. The van der Waals surface area contributed by atoms with Gasteiger partial charge >= 0.3 is 0 Å². The van der Waals surface area contributed by atoms with Crippen LogP contribution in [0.25, 0.3) is 0 Å². The average Bonchev–Trinajstić information content (AvgIpc) is 3.38. The Bertz CT molecular complexity index is 704. The second-order valence-corrected chi connectivity index (χ2v) is 7.98. The van der Waals surface area contributed by atoms with Crippen LogP contribution in [0.5, 0.6) is 5.75 Å². The summed E-state index contributed by atoms with van der Waals surface area (Å²) in [4.78, 5) is 19.4. The maximum absolute atomic E-state index is 12.6. The lowest BCUT2D eigenvalue weighted by molar-refractivity contribution is -0.134. The molecule has 6 nitrogen and oxygen atoms in total. The maximum Gasteiger partial charge on any atom is 0.225 e. The van der Waals surface area contributed by atoms with E-state index in [1.807, 2.05) is 24.0 Å². The molecule has 1 saturated heterocycles. The number of carbonyl (C=O) groups is 1. The summed E-state index contributed by atoms with van der Waals surface area (Å²) in [7, 11) is 1.64. The molecule has 2 aliphatic rings. The van der Waals surface area contributed by atoms with Gasteiger partial charge in [-0.2, -0.15) is 0 Å². The molecule has 1 aliphatic carbocycles. The Morgan fingerprint density at radius 1 is 1.32 bits per heavy atom. The number of carbonyl (C=O) groups excluding carboxylic acids is 1. The van der Waals surface area contributed by atoms with Crippen molar-refractivity contribution in [3.63, 3.8) is 0 Å². The first-order valence-corrected chi connectivity index (χ1v) is 10.6. The number of amides is 1. The van der Waals surface area contributed by atoms with E-state index >= 15 is 0 Å². The predicted molar refractivity (Wildman–Crippen MR) is 113 cm³/mol. The van der Waals surface area contributed by atoms with Gasteiger partial charge in [-0.05, 0) is 38.3 Å². The van der Waals surface area contributed by atoms with Crippen LogP contribution in [-0.2, 0) is 11.3 Å². The van der Waals surface area contributed by atoms with E-state index in [0.717, 1.165) is 56.2 Å². The summed E-state index contributed by atoms with van der Waals surface area (Å²) in [5, 5.41) is 7.43. The third kappa shape index (κ3) is 5.31. The SMILES string of the molecule is CCNC(=NCc1ccc(Cl)cc1OC)NC1CCN(C(=O)C2CCCC2)C1. The molecule has 1 saturated carbocycles. The van der Waals surface area contributed by atoms with E-state index in [9.17, 15) is 4.79 Å². The highest BCUT2D eigenvalue weighted by molar-refractivity contribution is 6.30. The molecule has 7 heteroatoms. The van der Waals surface area contributed by atoms with Gasteiger partial charge in [0.25, 0.3) is 0 Å². The largest absolute Gasteiger partial charge is 0.496 e. The molecule has 0 aromatic heterocycles. The Morgan fingerprint density at radius 2 is 2.11 bits per heavy atom. The Balaban J connectivity index is 1.58. The van der Waals surface area contributed by atoms with Crippen LogP contribution in [0.2, 0.25) is 5.02 Å². The fraction of sp³-hybridized carbons (Fsp3) is 0.619. The molecule has 1 aliphatic heterocycles. The van der Waals surface area contributed by atoms with Crippen molar-refractivity contribution in [2.75, 3.05) is 26.7 Å². The highest BCUT2D eigenvalue weighted by Crippen LogP contribution is 2.28. The predicted octanol–water partition coefficient (Wildman–Crippen LogP) is 3.19. The number of aliphatic imine (C=N–C) groups is 1. The van der Waals surface area contributed by atoms with E-state index in [-0.39, 0.29) is 12.0 Å². The van der Waals surface area contributed by atoms with Gasteiger partial charge in [-0.3, -0.25) is 4.79 Å². The second kappa shape index (κ2) is 10.0. The van der Waals surface area contributed by atoms with Crippen molar-refractivity contribution in [2.45, 2.75) is 51.6 Å². The summed E-state index contributed by atoms with van der Waals surface area (Å²) in [6.45, 7) is 4.90. The number of guanidine groups is 1. The van der Waals surface area contributed by atoms with Gasteiger partial charge in [0.15, 0.2) is 5.96 Å². The zero-order valence-corrected chi connectivity index (χ0v) is 17.6. The van der Waals surface area contributed by atoms with E-state index in [2.05, 4.69) is 10.6 Å². The standard InChI is InChI=1S/C21H31ClN4O2/c1-3-23-21(24-13-16-8-9-17(22)12-19(16)28-2)25-18-10-11-26(14-18)20(27)15-6-4-5-7-15/h8-9,12,15,18H,3-7,10-11,13-14H2,1-2H3,(H2,23,24,25). The second-order valence-electron chi connectivity index (χ2n) is 7.55. The topological polar surface area (TPSA) is 66.0 Å². The van der Waals surface area contributed by atoms with Gasteiger partial charge in [0.1, 0.15) is 5.75 Å². The number of rotatable bonds is 6. The van der Waals surface area contributed by atoms with Gasteiger partial charge < -0.3 is 20.3 Å². The molecular weight excluding hydrogens is 376 g/mol. The van der Waals surface area contributed by atoms with Crippen LogP contribution in [-0.4, -0.2) is 49.6 Å². The van der Waals surface area contributed by atoms with Crippen LogP contribution in [0.4, 0.5) is 0 Å². The molecular formula is C21H31ClN4O2. The molecule has 0 bridgehead atoms. The Hall–Kier alpha value is -1.95. The van der Waals surface area contributed by atoms with Crippen molar-refractivity contribution in [3.05, 3.63) is 28.8 Å². The molecule has 1 atom stereocenters. The van der Waals surface area contributed by atoms with Gasteiger partial charge in [-0.15, -0.1) is 0 Å². The fourth-order valence-corrected chi connectivity index (χ4v) is 4.20. The van der Waals surface area contributed by atoms with Crippen molar-refractivity contribution >= 4 is 23.5 Å². The van der Waals surface area contributed by atoms with Crippen LogP contribution in [0.3, 0.4) is 0 Å². The first kappa shape index (κ1) is 20.8. The Morgan fingerprint density at radius 3 is 2.82 bits per heavy atom. The van der Waals surface area contributed by atoms with Gasteiger partial charge in [0, 0.05) is 42.2 Å². The number of methoxy groups -OCH3 is 1. The molecule has 2 N–H and O–H groups in total. The summed E-state index contributed by atoms with van der Waals surface area (Å²) in [6.07, 6.45) is 5.45. The molecule has 1 heterocycles. The highest BCUT2D eigenvalue weighted by Gasteiger charge is 2.32. The lowest BCUT2D eigenvalue weighted by atomic mass is 10.1. The zero-order valence-electron chi connectivity index (χ0n) is 16.8. The first-order valence-electron chi connectivity index (χ1n) is 10.3. The summed E-state index contributed by atoms with van der Waals surface area (Å²) in [5.41, 5.74) is 0.980. The number of likely N-dealkylation sites (tertiary alicyclic amines) is 1. The van der Waals surface area contributed by atoms with Crippen molar-refractivity contribution in [2.24, 2.45) is 10.9 Å². The van der Waals surface area contributed by atoms with Gasteiger partial charge in [-0.25, -0.2) is 4.99 Å². The summed E-state index contributed by atoms with van der Waals surface area (Å²) < 4.78 is 5.40. The Labute approximate surface area is 172 Å². The first-order chi connectivity index (χ1) is 13.6. The minimum Gasteiger partial charge on any atom is -0.496 e. The molecule has 1 aromatic carbocycles. The van der Waals surface area contributed by atoms with Crippen LogP contribution in [0, 0.1) is 5.92 Å². The third-order valence-corrected chi connectivity index (χ3v) is 5.78. The van der Waals surface area contributed by atoms with E-state index in [1.54, 1.807) is 13.2 Å². The van der Waals surface area contributed by atoms with E-state index in [1.165, 1.54) is 12.8 Å². The minimum atomic E-state index is 0.232. The summed E-state index contributed by atoms with van der Waals surface area (Å²) in [6, 6.07) is 5.82. The van der Waals surface area contributed by atoms with Gasteiger partial charge in [0.2, 0.25) is 5.91 Å². The lowest BCUT2D eigenvalue weighted by Gasteiger charge is -2.21. The molecule has 154 valence electrons. The van der Waals surface area contributed by atoms with Crippen molar-refractivity contribution in [1.82, 2.24) is 15.5 Å². The zero-order chi connectivity index (χ0) is 19.9. The molecule has 0 radical (unpaired) electrons. The van der Waals surface area contributed by atoms with Gasteiger partial charge in [-0.1, -0.05) is 30.5 Å². The number of nitrogens with zero attached hydrogens (tertiary/aromatic N) is 2. The van der Waals surface area contributed by atoms with Crippen LogP contribution in [0.15, 0.2) is 23.2 Å². The third-order valence-electron chi connectivity index (χ3n) is 5.55. The van der Waals surface area contributed by atoms with E-state index in [0.29, 0.717) is 17.5 Å². The number of ether oxygens (including phenoxy) is 1. The minimum absolute atomic E-state index is 0.232. The molecule has 0 spiro atoms. The molecule has 2 fully saturated rings. The maximum atomic E-state index is 12.6. The number of nitrogens with one attached hydrogen (secondary N) is 2. The van der Waals surface area contributed by atoms with Crippen molar-refractivity contribution < 1.29 is 9.53 Å². The number of hydrogen-bond acceptors (Lipinski definition) is 3. The van der Waals surface area contributed by atoms with E-state index < -0.39 is 0 Å². The highest BCUT2D eigenvalue weighted by atomic mass is 35.5. The molecule has 28 heavy (non-hydrogen) atoms. The summed E-state index contributed by atoms with van der Waals surface area (Å²) >= 11 is 6.03. The number of halogens is 1. The van der Waals surface area contributed by atoms with Crippen LogP contribution >= 0.6 is 11.6 Å². The summed E-state index contributed by atoms with van der Waals surface area (Å²) in [5.74, 6) is 2.09. The number of benzene rings is 1. The Kier molecular flexibility index (Phi) is 7.43. The normalized spacial score (nSPS) is 20.5. The monoisotopic (exact) mass is 406 g/mol. The van der Waals surface area contributed by atoms with Crippen molar-refractivity contribution in [1.29, 1.82) is 0 Å². The van der Waals surface area contributed by atoms with E-state index in [4.69, 9.17) is 21.3 Å². The van der Waals surface area contributed by atoms with Crippen LogP contribution in [0.1, 0.15) is 44.6 Å². The van der Waals surface area contributed by atoms with Crippen molar-refractivity contribution in [3.8, 4) is 5.75 Å². The quantitative estimate of drug-likeness (QED) is 0.562. The smallest absolute Gasteiger partial charge is 0.225 e. The molecule has 3 rings (SSSR count). The van der Waals surface area contributed by atoms with Crippen LogP contribution < -0.4 is 15.4 Å². The molecule has 1 unspecified atom stereocenters. The number of hydrogen-bond donors (Lipinski definition) is 2. The van der Waals surface area contributed by atoms with Gasteiger partial charge in [0.05, 0.1) is 13.7 Å². The lowest BCUT2D eigenvalue weighted by Crippen LogP contribution is -2.45. The fourth-order valence-electron chi connectivity index (χ4n) is 4.04. The molecule has 1 amide bonds.